The molecule has 3 nitrogen and oxygen atoms in total. The van der Waals surface area contributed by atoms with Gasteiger partial charge in [-0.3, -0.25) is 8.32 Å². The van der Waals surface area contributed by atoms with Gasteiger partial charge in [0.15, 0.2) is 0 Å². The van der Waals surface area contributed by atoms with Crippen LogP contribution in [0.3, 0.4) is 0 Å². The van der Waals surface area contributed by atoms with Crippen molar-refractivity contribution >= 4 is 29.3 Å². The predicted molar refractivity (Wildman–Crippen MR) is 45.3 cm³/mol. The third kappa shape index (κ3) is 6.04. The molecule has 0 saturated heterocycles. The lowest BCUT2D eigenvalue weighted by atomic mass is 10.4. The molecule has 0 aliphatic rings. The van der Waals surface area contributed by atoms with Gasteiger partial charge < -0.3 is 4.90 Å². The van der Waals surface area contributed by atoms with Crippen LogP contribution < -0.4 is 3.53 Å². The van der Waals surface area contributed by atoms with Gasteiger partial charge in [0.2, 0.25) is 6.41 Å². The van der Waals surface area contributed by atoms with Gasteiger partial charge in [0.25, 0.3) is 0 Å². The first-order chi connectivity index (χ1) is 4.31. The molecule has 9 heavy (non-hydrogen) atoms. The molecule has 0 atom stereocenters. The van der Waals surface area contributed by atoms with Crippen LogP contribution in [0.15, 0.2) is 0 Å². The quantitative estimate of drug-likeness (QED) is 0.327. The summed E-state index contributed by atoms with van der Waals surface area (Å²) in [4.78, 5) is 11.6. The van der Waals surface area contributed by atoms with E-state index in [1.807, 2.05) is 0 Å². The van der Waals surface area contributed by atoms with Crippen LogP contribution in [0.4, 0.5) is 0 Å². The Labute approximate surface area is 69.3 Å². The van der Waals surface area contributed by atoms with Crippen molar-refractivity contribution < 1.29 is 4.79 Å². The van der Waals surface area contributed by atoms with Gasteiger partial charge in [0.05, 0.1) is 0 Å². The van der Waals surface area contributed by atoms with E-state index >= 15 is 0 Å². The Kier molecular flexibility index (Phi) is 6.39. The van der Waals surface area contributed by atoms with Crippen molar-refractivity contribution in [3.05, 3.63) is 0 Å². The van der Waals surface area contributed by atoms with Crippen LogP contribution in [0.5, 0.6) is 0 Å². The zero-order valence-corrected chi connectivity index (χ0v) is 7.59. The summed E-state index contributed by atoms with van der Waals surface area (Å²) in [6.45, 7) is 1.79. The van der Waals surface area contributed by atoms with E-state index in [0.29, 0.717) is 0 Å². The second-order valence-electron chi connectivity index (χ2n) is 1.82. The number of amides is 1. The van der Waals surface area contributed by atoms with Crippen LogP contribution in [-0.4, -0.2) is 31.4 Å². The van der Waals surface area contributed by atoms with Crippen LogP contribution in [0, 0.1) is 0 Å². The smallest absolute Gasteiger partial charge is 0.209 e. The molecule has 0 saturated carbocycles. The molecule has 0 unspecified atom stereocenters. The zero-order valence-electron chi connectivity index (χ0n) is 5.43. The van der Waals surface area contributed by atoms with Crippen LogP contribution >= 0.6 is 22.9 Å². The summed E-state index contributed by atoms with van der Waals surface area (Å²) in [7, 11) is 1.78. The molecule has 0 bridgehead atoms. The average Bonchev–Trinajstić information content (AvgIpc) is 1.89. The van der Waals surface area contributed by atoms with Crippen LogP contribution in [0.2, 0.25) is 0 Å². The lowest BCUT2D eigenvalue weighted by Crippen LogP contribution is -2.19. The highest BCUT2D eigenvalue weighted by atomic mass is 127. The number of nitrogens with zero attached hydrogens (tertiary/aromatic N) is 1. The summed E-state index contributed by atoms with van der Waals surface area (Å²) in [6, 6.07) is 0. The molecule has 1 N–H and O–H groups in total. The molecule has 0 aromatic carbocycles. The van der Waals surface area contributed by atoms with Gasteiger partial charge in [0, 0.05) is 43.0 Å². The Balaban J connectivity index is 2.96. The van der Waals surface area contributed by atoms with E-state index in [4.69, 9.17) is 0 Å². The summed E-state index contributed by atoms with van der Waals surface area (Å²) in [6.07, 6.45) is 1.85. The van der Waals surface area contributed by atoms with Gasteiger partial charge in [-0.15, -0.1) is 0 Å². The maximum Gasteiger partial charge on any atom is 0.209 e. The zero-order chi connectivity index (χ0) is 7.11. The molecular formula is C5H11IN2O. The van der Waals surface area contributed by atoms with Crippen LogP contribution in [-0.2, 0) is 4.79 Å². The van der Waals surface area contributed by atoms with E-state index in [1.54, 1.807) is 11.9 Å². The van der Waals surface area contributed by atoms with Crippen molar-refractivity contribution in [1.29, 1.82) is 0 Å². The van der Waals surface area contributed by atoms with Crippen molar-refractivity contribution in [1.82, 2.24) is 8.43 Å². The Bertz CT molecular complexity index is 79.4. The second-order valence-corrected chi connectivity index (χ2v) is 2.59. The topological polar surface area (TPSA) is 32.3 Å². The highest BCUT2D eigenvalue weighted by molar-refractivity contribution is 14.1. The number of carbonyl (C=O) groups excluding carboxylic acids is 1. The number of halogens is 1. The maximum atomic E-state index is 10.0. The molecule has 0 aliphatic heterocycles. The van der Waals surface area contributed by atoms with Gasteiger partial charge in [0.1, 0.15) is 0 Å². The minimum absolute atomic E-state index is 0.833. The largest absolute Gasteiger partial charge is 0.348 e. The van der Waals surface area contributed by atoms with E-state index in [9.17, 15) is 4.79 Å². The van der Waals surface area contributed by atoms with Gasteiger partial charge >= 0.3 is 0 Å². The fraction of sp³-hybridized carbons (Fsp3) is 0.800. The number of hydrogen-bond acceptors (Lipinski definition) is 2. The van der Waals surface area contributed by atoms with Crippen molar-refractivity contribution in [3.8, 4) is 0 Å². The molecule has 0 aromatic heterocycles. The Hall–Kier alpha value is 0.160. The van der Waals surface area contributed by atoms with Crippen LogP contribution in [0.25, 0.3) is 0 Å². The normalized spacial score (nSPS) is 9.11. The molecule has 0 heterocycles. The van der Waals surface area contributed by atoms with Gasteiger partial charge in [-0.05, 0) is 6.42 Å². The molecule has 0 aliphatic carbocycles. The molecule has 54 valence electrons. The Morgan fingerprint density at radius 2 is 2.44 bits per heavy atom. The lowest BCUT2D eigenvalue weighted by Gasteiger charge is -2.08. The standard InChI is InChI=1S/C5H11IN2O/c1-8(5-9)4-2-3-7-6/h5,7H,2-4H2,1H3. The molecule has 0 aromatic rings. The highest BCUT2D eigenvalue weighted by Crippen LogP contribution is 1.82. The lowest BCUT2D eigenvalue weighted by molar-refractivity contribution is -0.117. The Morgan fingerprint density at radius 3 is 2.89 bits per heavy atom. The minimum atomic E-state index is 0.833. The van der Waals surface area contributed by atoms with Crippen LogP contribution in [0.1, 0.15) is 6.42 Å². The van der Waals surface area contributed by atoms with Crippen molar-refractivity contribution in [2.45, 2.75) is 6.42 Å². The molecule has 0 radical (unpaired) electrons. The van der Waals surface area contributed by atoms with Crippen molar-refractivity contribution in [2.75, 3.05) is 20.1 Å². The van der Waals surface area contributed by atoms with E-state index in [0.717, 1.165) is 25.9 Å². The second kappa shape index (κ2) is 6.28. The average molecular weight is 242 g/mol. The fourth-order valence-electron chi connectivity index (χ4n) is 0.448. The van der Waals surface area contributed by atoms with Gasteiger partial charge in [-0.2, -0.15) is 0 Å². The molecule has 0 rings (SSSR count). The molecule has 4 heteroatoms. The van der Waals surface area contributed by atoms with E-state index in [2.05, 4.69) is 26.4 Å². The third-order valence-electron chi connectivity index (χ3n) is 0.962. The van der Waals surface area contributed by atoms with E-state index in [-0.39, 0.29) is 0 Å². The number of rotatable bonds is 5. The first kappa shape index (κ1) is 9.16. The molecule has 0 spiro atoms. The first-order valence-electron chi connectivity index (χ1n) is 2.80. The fourth-order valence-corrected chi connectivity index (χ4v) is 0.829. The maximum absolute atomic E-state index is 10.0. The highest BCUT2D eigenvalue weighted by Gasteiger charge is 1.90. The minimum Gasteiger partial charge on any atom is -0.348 e. The third-order valence-corrected chi connectivity index (χ3v) is 1.50. The monoisotopic (exact) mass is 242 g/mol. The van der Waals surface area contributed by atoms with Crippen molar-refractivity contribution in [2.24, 2.45) is 0 Å². The summed E-state index contributed by atoms with van der Waals surface area (Å²) < 4.78 is 2.97. The van der Waals surface area contributed by atoms with Gasteiger partial charge in [-0.25, -0.2) is 0 Å². The number of carbonyl (C=O) groups is 1. The number of nitrogens with one attached hydrogen (secondary N) is 1. The number of hydrogen-bond donors (Lipinski definition) is 1. The summed E-state index contributed by atoms with van der Waals surface area (Å²) in [5, 5.41) is 0. The SMILES string of the molecule is CN(C=O)CCCNI. The molecule has 1 amide bonds. The van der Waals surface area contributed by atoms with E-state index in [1.165, 1.54) is 0 Å². The van der Waals surface area contributed by atoms with Gasteiger partial charge in [-0.1, -0.05) is 0 Å². The van der Waals surface area contributed by atoms with Crippen molar-refractivity contribution in [3.63, 3.8) is 0 Å². The first-order valence-corrected chi connectivity index (χ1v) is 3.88. The summed E-state index contributed by atoms with van der Waals surface area (Å²) in [5.41, 5.74) is 0. The Morgan fingerprint density at radius 1 is 1.78 bits per heavy atom. The molecular weight excluding hydrogens is 231 g/mol. The summed E-state index contributed by atoms with van der Waals surface area (Å²) in [5.74, 6) is 0. The van der Waals surface area contributed by atoms with E-state index < -0.39 is 0 Å². The summed E-state index contributed by atoms with van der Waals surface area (Å²) >= 11 is 2.09. The predicted octanol–water partition coefficient (Wildman–Crippen LogP) is 0.404. The molecule has 0 fully saturated rings.